The molecule has 3 rings (SSSR count). The Morgan fingerprint density at radius 3 is 2.74 bits per heavy atom. The molecule has 0 N–H and O–H groups in total. The summed E-state index contributed by atoms with van der Waals surface area (Å²) in [6.07, 6.45) is 4.58. The molecular formula is C15H17FN2O. The first-order chi connectivity index (χ1) is 9.24. The summed E-state index contributed by atoms with van der Waals surface area (Å²) in [5, 5.41) is 0. The third-order valence-electron chi connectivity index (χ3n) is 3.60. The average molecular weight is 260 g/mol. The van der Waals surface area contributed by atoms with E-state index in [-0.39, 0.29) is 5.82 Å². The van der Waals surface area contributed by atoms with Crippen LogP contribution >= 0.6 is 0 Å². The van der Waals surface area contributed by atoms with Crippen molar-refractivity contribution in [3.63, 3.8) is 0 Å². The monoisotopic (exact) mass is 260 g/mol. The first-order valence-electron chi connectivity index (χ1n) is 6.67. The van der Waals surface area contributed by atoms with Crippen LogP contribution in [0.15, 0.2) is 24.3 Å². The smallest absolute Gasteiger partial charge is 0.166 e. The van der Waals surface area contributed by atoms with Gasteiger partial charge in [-0.3, -0.25) is 4.57 Å². The Hall–Kier alpha value is -1.84. The summed E-state index contributed by atoms with van der Waals surface area (Å²) in [7, 11) is 0. The number of hydrogen-bond acceptors (Lipinski definition) is 2. The van der Waals surface area contributed by atoms with Gasteiger partial charge in [0.05, 0.1) is 5.69 Å². The highest BCUT2D eigenvalue weighted by Gasteiger charge is 2.17. The molecule has 0 atom stereocenters. The predicted octanol–water partition coefficient (Wildman–Crippen LogP) is 3.25. The largest absolute Gasteiger partial charge is 0.473 e. The second-order valence-electron chi connectivity index (χ2n) is 4.91. The number of benzene rings is 1. The Morgan fingerprint density at radius 2 is 1.95 bits per heavy atom. The highest BCUT2D eigenvalue weighted by atomic mass is 19.1. The lowest BCUT2D eigenvalue weighted by Gasteiger charge is -2.15. The van der Waals surface area contributed by atoms with E-state index < -0.39 is 0 Å². The number of hydrogen-bond donors (Lipinski definition) is 0. The quantitative estimate of drug-likeness (QED) is 0.847. The van der Waals surface area contributed by atoms with Gasteiger partial charge < -0.3 is 4.74 Å². The topological polar surface area (TPSA) is 27.1 Å². The number of imidazole rings is 1. The van der Waals surface area contributed by atoms with Crippen molar-refractivity contribution >= 4 is 0 Å². The lowest BCUT2D eigenvalue weighted by molar-refractivity contribution is 0.229. The highest BCUT2D eigenvalue weighted by molar-refractivity contribution is 5.23. The van der Waals surface area contributed by atoms with Crippen LogP contribution in [-0.2, 0) is 19.6 Å². The molecule has 1 aromatic heterocycles. The lowest BCUT2D eigenvalue weighted by Crippen LogP contribution is -2.13. The number of fused-ring (bicyclic) bond motifs is 1. The van der Waals surface area contributed by atoms with Crippen molar-refractivity contribution in [3.05, 3.63) is 47.3 Å². The number of halogens is 1. The molecule has 0 radical (unpaired) electrons. The van der Waals surface area contributed by atoms with Gasteiger partial charge in [-0.05, 0) is 56.9 Å². The average Bonchev–Trinajstić information content (AvgIpc) is 2.74. The normalized spacial score (nSPS) is 14.2. The number of nitrogens with zero attached hydrogens (tertiary/aromatic N) is 2. The van der Waals surface area contributed by atoms with Gasteiger partial charge in [-0.25, -0.2) is 9.37 Å². The first-order valence-corrected chi connectivity index (χ1v) is 6.67. The predicted molar refractivity (Wildman–Crippen MR) is 70.6 cm³/mol. The molecule has 19 heavy (non-hydrogen) atoms. The minimum absolute atomic E-state index is 0.247. The van der Waals surface area contributed by atoms with Crippen molar-refractivity contribution in [1.29, 1.82) is 0 Å². The van der Waals surface area contributed by atoms with Gasteiger partial charge in [0.15, 0.2) is 6.73 Å². The van der Waals surface area contributed by atoms with E-state index in [2.05, 4.69) is 9.55 Å². The van der Waals surface area contributed by atoms with Crippen LogP contribution in [0.5, 0.6) is 5.75 Å². The van der Waals surface area contributed by atoms with Crippen LogP contribution < -0.4 is 4.74 Å². The van der Waals surface area contributed by atoms with Gasteiger partial charge in [-0.2, -0.15) is 0 Å². The molecule has 1 aliphatic rings. The van der Waals surface area contributed by atoms with Crippen LogP contribution in [0.1, 0.15) is 30.1 Å². The van der Waals surface area contributed by atoms with E-state index in [9.17, 15) is 4.39 Å². The van der Waals surface area contributed by atoms with Gasteiger partial charge >= 0.3 is 0 Å². The molecule has 0 saturated heterocycles. The zero-order valence-corrected chi connectivity index (χ0v) is 11.0. The zero-order valence-electron chi connectivity index (χ0n) is 11.0. The molecule has 3 nitrogen and oxygen atoms in total. The number of aryl methyl sites for hydroxylation is 2. The van der Waals surface area contributed by atoms with E-state index in [0.29, 0.717) is 12.5 Å². The second kappa shape index (κ2) is 5.03. The molecule has 0 saturated carbocycles. The zero-order chi connectivity index (χ0) is 13.2. The molecule has 4 heteroatoms. The summed E-state index contributed by atoms with van der Waals surface area (Å²) >= 11 is 0. The molecule has 0 spiro atoms. The van der Waals surface area contributed by atoms with Gasteiger partial charge in [0.2, 0.25) is 0 Å². The van der Waals surface area contributed by atoms with Crippen LogP contribution in [0.25, 0.3) is 0 Å². The maximum Gasteiger partial charge on any atom is 0.166 e. The lowest BCUT2D eigenvalue weighted by atomic mass is 10.0. The maximum atomic E-state index is 12.8. The van der Waals surface area contributed by atoms with Crippen LogP contribution in [0.4, 0.5) is 4.39 Å². The Balaban J connectivity index is 1.76. The fourth-order valence-electron chi connectivity index (χ4n) is 2.58. The van der Waals surface area contributed by atoms with Crippen molar-refractivity contribution in [2.24, 2.45) is 0 Å². The van der Waals surface area contributed by atoms with E-state index in [0.717, 1.165) is 18.7 Å². The minimum atomic E-state index is -0.247. The second-order valence-corrected chi connectivity index (χ2v) is 4.91. The Labute approximate surface area is 112 Å². The van der Waals surface area contributed by atoms with E-state index in [4.69, 9.17) is 4.74 Å². The SMILES string of the molecule is Cc1nc2c(n1COc1ccc(F)cc1)CCCC2. The molecule has 0 amide bonds. The number of aromatic nitrogens is 2. The summed E-state index contributed by atoms with van der Waals surface area (Å²) in [6.45, 7) is 2.45. The van der Waals surface area contributed by atoms with E-state index in [1.165, 1.54) is 36.4 Å². The number of ether oxygens (including phenoxy) is 1. The summed E-state index contributed by atoms with van der Waals surface area (Å²) in [4.78, 5) is 4.60. The van der Waals surface area contributed by atoms with Crippen LogP contribution in [0, 0.1) is 12.7 Å². The van der Waals surface area contributed by atoms with E-state index in [1.807, 2.05) is 6.92 Å². The molecule has 0 fully saturated rings. The summed E-state index contributed by atoms with van der Waals surface area (Å²) < 4.78 is 20.7. The molecule has 0 bridgehead atoms. The van der Waals surface area contributed by atoms with Gasteiger partial charge in [0, 0.05) is 5.69 Å². The number of rotatable bonds is 3. The van der Waals surface area contributed by atoms with Crippen molar-refractivity contribution in [2.75, 3.05) is 0 Å². The van der Waals surface area contributed by atoms with Gasteiger partial charge in [-0.1, -0.05) is 0 Å². The van der Waals surface area contributed by atoms with Crippen LogP contribution in [0.3, 0.4) is 0 Å². The van der Waals surface area contributed by atoms with E-state index >= 15 is 0 Å². The van der Waals surface area contributed by atoms with Gasteiger partial charge in [0.1, 0.15) is 17.4 Å². The standard InChI is InChI=1S/C15H17FN2O/c1-11-17-14-4-2-3-5-15(14)18(11)10-19-13-8-6-12(16)7-9-13/h6-9H,2-5,10H2,1H3. The maximum absolute atomic E-state index is 12.8. The molecule has 1 aliphatic carbocycles. The molecule has 1 aromatic carbocycles. The highest BCUT2D eigenvalue weighted by Crippen LogP contribution is 2.22. The van der Waals surface area contributed by atoms with Gasteiger partial charge in [0.25, 0.3) is 0 Å². The Kier molecular flexibility index (Phi) is 3.23. The van der Waals surface area contributed by atoms with Crippen molar-refractivity contribution in [2.45, 2.75) is 39.3 Å². The molecular weight excluding hydrogens is 243 g/mol. The molecule has 0 aliphatic heterocycles. The van der Waals surface area contributed by atoms with Gasteiger partial charge in [-0.15, -0.1) is 0 Å². The summed E-state index contributed by atoms with van der Waals surface area (Å²) in [5.41, 5.74) is 2.51. The minimum Gasteiger partial charge on any atom is -0.473 e. The molecule has 1 heterocycles. The third kappa shape index (κ3) is 2.48. The summed E-state index contributed by atoms with van der Waals surface area (Å²) in [5.74, 6) is 1.43. The van der Waals surface area contributed by atoms with Crippen molar-refractivity contribution in [3.8, 4) is 5.75 Å². The van der Waals surface area contributed by atoms with Crippen molar-refractivity contribution in [1.82, 2.24) is 9.55 Å². The molecule has 100 valence electrons. The molecule has 2 aromatic rings. The third-order valence-corrected chi connectivity index (χ3v) is 3.60. The fraction of sp³-hybridized carbons (Fsp3) is 0.400. The van der Waals surface area contributed by atoms with Crippen LogP contribution in [-0.4, -0.2) is 9.55 Å². The van der Waals surface area contributed by atoms with Crippen molar-refractivity contribution < 1.29 is 9.13 Å². The Bertz CT molecular complexity index is 575. The molecule has 0 unspecified atom stereocenters. The fourth-order valence-corrected chi connectivity index (χ4v) is 2.58. The first kappa shape index (κ1) is 12.2. The Morgan fingerprint density at radius 1 is 1.21 bits per heavy atom. The summed E-state index contributed by atoms with van der Waals surface area (Å²) in [6, 6.07) is 6.11. The van der Waals surface area contributed by atoms with Crippen LogP contribution in [0.2, 0.25) is 0 Å². The van der Waals surface area contributed by atoms with E-state index in [1.54, 1.807) is 12.1 Å².